The molecule has 1 aliphatic heterocycles. The van der Waals surface area contributed by atoms with Crippen LogP contribution in [0, 0.1) is 17.8 Å². The normalized spacial score (nSPS) is 18.0. The van der Waals surface area contributed by atoms with Crippen LogP contribution < -0.4 is 16.0 Å². The van der Waals surface area contributed by atoms with Crippen LogP contribution in [0.25, 0.3) is 0 Å². The molecule has 1 fully saturated rings. The lowest BCUT2D eigenvalue weighted by molar-refractivity contribution is -0.149. The highest BCUT2D eigenvalue weighted by atomic mass is 32.1. The Hall–Kier alpha value is -3.39. The van der Waals surface area contributed by atoms with E-state index < -0.39 is 30.1 Å². The fraction of sp³-hybridized carbons (Fsp3) is 0.675. The molecule has 0 aliphatic carbocycles. The second-order valence-electron chi connectivity index (χ2n) is 14.6. The second-order valence-corrected chi connectivity index (χ2v) is 15.5. The minimum absolute atomic E-state index is 0.00173. The molecule has 0 unspecified atom stereocenters. The van der Waals surface area contributed by atoms with Crippen LogP contribution in [0.5, 0.6) is 0 Å². The predicted octanol–water partition coefficient (Wildman–Crippen LogP) is 5.97. The second kappa shape index (κ2) is 22.7. The van der Waals surface area contributed by atoms with E-state index in [2.05, 4.69) is 29.8 Å². The van der Waals surface area contributed by atoms with E-state index in [9.17, 15) is 24.3 Å². The number of carboxylic acid groups (broad SMARTS) is 1. The number of thiazole rings is 1. The molecule has 3 amide bonds. The molecule has 0 spiro atoms. The number of amides is 3. The molecule has 1 aliphatic rings. The fourth-order valence-electron chi connectivity index (χ4n) is 6.60. The number of hydrogen-bond donors (Lipinski definition) is 4. The third kappa shape index (κ3) is 13.8. The molecule has 53 heavy (non-hydrogen) atoms. The first kappa shape index (κ1) is 44.0. The van der Waals surface area contributed by atoms with E-state index in [1.165, 1.54) is 11.3 Å². The van der Waals surface area contributed by atoms with Gasteiger partial charge in [-0.2, -0.15) is 0 Å². The summed E-state index contributed by atoms with van der Waals surface area (Å²) in [7, 11) is 0. The van der Waals surface area contributed by atoms with Crippen LogP contribution in [-0.4, -0.2) is 89.3 Å². The molecule has 1 aromatic heterocycles. The van der Waals surface area contributed by atoms with Gasteiger partial charge in [-0.05, 0) is 63.0 Å². The number of carboxylic acids is 1. The van der Waals surface area contributed by atoms with E-state index in [1.54, 1.807) is 17.2 Å². The lowest BCUT2D eigenvalue weighted by Gasteiger charge is -2.39. The van der Waals surface area contributed by atoms with Crippen molar-refractivity contribution in [2.24, 2.45) is 17.8 Å². The molecule has 0 saturated carbocycles. The van der Waals surface area contributed by atoms with Crippen molar-refractivity contribution in [2.45, 2.75) is 130 Å². The maximum atomic E-state index is 14.6. The third-order valence-corrected chi connectivity index (χ3v) is 11.0. The van der Waals surface area contributed by atoms with Crippen molar-refractivity contribution in [1.82, 2.24) is 25.8 Å². The first-order valence-electron chi connectivity index (χ1n) is 19.5. The lowest BCUT2D eigenvalue weighted by Crippen LogP contribution is -2.59. The van der Waals surface area contributed by atoms with Crippen LogP contribution in [0.2, 0.25) is 0 Å². The standard InChI is InChI=1S/C40H63N5O7S/c1-8-20-52-34(38-43-32(24-53-38)37(47)42-30(21-28(7)40(49)50)22-29-16-12-11-13-17-29)23-33(26(4)5)45(25-51-10-3)39(48)35(27(6)9-2)44-36(46)31-18-14-15-19-41-31/h11-13,16-17,24,26-28,30-31,33-35,41H,8-10,14-15,18-23,25H2,1-7H3,(H,42,47)(H,44,46)(H,49,50)/t27-,28-,30+,31+,33+,34+,35-/m0/s1. The van der Waals surface area contributed by atoms with Gasteiger partial charge in [-0.15, -0.1) is 11.3 Å². The van der Waals surface area contributed by atoms with Gasteiger partial charge in [0.15, 0.2) is 0 Å². The number of carbonyl (C=O) groups excluding carboxylic acids is 3. The van der Waals surface area contributed by atoms with E-state index in [1.807, 2.05) is 58.0 Å². The third-order valence-electron chi connectivity index (χ3n) is 10.0. The molecule has 7 atom stereocenters. The molecule has 1 aromatic carbocycles. The van der Waals surface area contributed by atoms with Crippen LogP contribution in [-0.2, 0) is 30.3 Å². The zero-order chi connectivity index (χ0) is 38.9. The first-order chi connectivity index (χ1) is 25.4. The van der Waals surface area contributed by atoms with Crippen LogP contribution in [0.1, 0.15) is 121 Å². The topological polar surface area (TPSA) is 159 Å². The summed E-state index contributed by atoms with van der Waals surface area (Å²) in [6.45, 7) is 15.4. The van der Waals surface area contributed by atoms with Crippen molar-refractivity contribution in [1.29, 1.82) is 0 Å². The Bertz CT molecular complexity index is 1420. The maximum absolute atomic E-state index is 14.6. The number of aromatic nitrogens is 1. The van der Waals surface area contributed by atoms with E-state index in [4.69, 9.17) is 14.5 Å². The van der Waals surface area contributed by atoms with Crippen LogP contribution in [0.3, 0.4) is 0 Å². The summed E-state index contributed by atoms with van der Waals surface area (Å²) in [5, 5.41) is 21.3. The molecule has 2 heterocycles. The van der Waals surface area contributed by atoms with Gasteiger partial charge in [-0.1, -0.05) is 84.7 Å². The molecule has 12 nitrogen and oxygen atoms in total. The van der Waals surface area contributed by atoms with E-state index in [0.29, 0.717) is 37.5 Å². The highest BCUT2D eigenvalue weighted by molar-refractivity contribution is 7.09. The largest absolute Gasteiger partial charge is 0.481 e. The molecule has 1 saturated heterocycles. The number of ether oxygens (including phenoxy) is 2. The van der Waals surface area contributed by atoms with Crippen LogP contribution in [0.15, 0.2) is 35.7 Å². The van der Waals surface area contributed by atoms with Crippen LogP contribution in [0.4, 0.5) is 0 Å². The minimum atomic E-state index is -0.917. The minimum Gasteiger partial charge on any atom is -0.481 e. The molecule has 4 N–H and O–H groups in total. The number of carbonyl (C=O) groups is 4. The predicted molar refractivity (Wildman–Crippen MR) is 208 cm³/mol. The molecule has 3 rings (SSSR count). The molecule has 0 bridgehead atoms. The van der Waals surface area contributed by atoms with Crippen molar-refractivity contribution in [3.8, 4) is 0 Å². The Morgan fingerprint density at radius 1 is 1.04 bits per heavy atom. The average Bonchev–Trinajstić information content (AvgIpc) is 3.65. The maximum Gasteiger partial charge on any atom is 0.306 e. The fourth-order valence-corrected chi connectivity index (χ4v) is 7.46. The number of rotatable bonds is 23. The van der Waals surface area contributed by atoms with Crippen molar-refractivity contribution >= 4 is 35.0 Å². The zero-order valence-corrected chi connectivity index (χ0v) is 33.6. The molecular weight excluding hydrogens is 695 g/mol. The SMILES string of the molecule is CCCO[C@H](C[C@H](C(C)C)N(COCC)C(=O)[C@@H](NC(=O)[C@H]1CCCCN1)[C@@H](C)CC)c1nc(C(=O)N[C@@H](Cc2ccccc2)C[C@H](C)C(=O)O)cs1. The number of benzene rings is 1. The Kier molecular flexibility index (Phi) is 18.9. The number of hydrogen-bond acceptors (Lipinski definition) is 9. The van der Waals surface area contributed by atoms with E-state index in [-0.39, 0.29) is 60.5 Å². The number of aliphatic carboxylic acids is 1. The average molecular weight is 758 g/mol. The van der Waals surface area contributed by atoms with Gasteiger partial charge < -0.3 is 35.4 Å². The summed E-state index contributed by atoms with van der Waals surface area (Å²) in [6, 6.07) is 7.88. The van der Waals surface area contributed by atoms with Crippen LogP contribution >= 0.6 is 11.3 Å². The van der Waals surface area contributed by atoms with Gasteiger partial charge in [-0.25, -0.2) is 4.98 Å². The molecule has 13 heteroatoms. The van der Waals surface area contributed by atoms with Crippen molar-refractivity contribution in [2.75, 3.05) is 26.5 Å². The van der Waals surface area contributed by atoms with Gasteiger partial charge in [0.05, 0.1) is 12.0 Å². The summed E-state index contributed by atoms with van der Waals surface area (Å²) in [5.41, 5.74) is 1.23. The zero-order valence-electron chi connectivity index (χ0n) is 32.8. The lowest BCUT2D eigenvalue weighted by atomic mass is 9.92. The first-order valence-corrected chi connectivity index (χ1v) is 20.3. The Morgan fingerprint density at radius 3 is 2.38 bits per heavy atom. The molecular formula is C40H63N5O7S. The Labute approximate surface area is 320 Å². The summed E-state index contributed by atoms with van der Waals surface area (Å²) in [4.78, 5) is 59.8. The molecule has 0 radical (unpaired) electrons. The smallest absolute Gasteiger partial charge is 0.306 e. The summed E-state index contributed by atoms with van der Waals surface area (Å²) in [6.07, 6.45) is 4.86. The van der Waals surface area contributed by atoms with Gasteiger partial charge in [0.1, 0.15) is 29.6 Å². The molecule has 2 aromatic rings. The van der Waals surface area contributed by atoms with E-state index >= 15 is 0 Å². The monoisotopic (exact) mass is 757 g/mol. The number of piperidine rings is 1. The molecule has 296 valence electrons. The van der Waals surface area contributed by atoms with Crippen molar-refractivity contribution < 1.29 is 33.8 Å². The highest BCUT2D eigenvalue weighted by Gasteiger charge is 2.38. The summed E-state index contributed by atoms with van der Waals surface area (Å²) in [5.74, 6) is -2.39. The Morgan fingerprint density at radius 2 is 1.77 bits per heavy atom. The van der Waals surface area contributed by atoms with E-state index in [0.717, 1.165) is 37.8 Å². The van der Waals surface area contributed by atoms with Gasteiger partial charge in [0.25, 0.3) is 5.91 Å². The summed E-state index contributed by atoms with van der Waals surface area (Å²) >= 11 is 1.33. The highest BCUT2D eigenvalue weighted by Crippen LogP contribution is 2.32. The van der Waals surface area contributed by atoms with Crippen molar-refractivity contribution in [3.05, 3.63) is 52.0 Å². The van der Waals surface area contributed by atoms with Crippen molar-refractivity contribution in [3.63, 3.8) is 0 Å². The van der Waals surface area contributed by atoms with Gasteiger partial charge in [-0.3, -0.25) is 19.2 Å². The summed E-state index contributed by atoms with van der Waals surface area (Å²) < 4.78 is 12.3. The van der Waals surface area contributed by atoms with Gasteiger partial charge in [0.2, 0.25) is 11.8 Å². The van der Waals surface area contributed by atoms with Gasteiger partial charge in [0, 0.05) is 37.1 Å². The number of nitrogens with zero attached hydrogens (tertiary/aromatic N) is 2. The quantitative estimate of drug-likeness (QED) is 0.100. The number of nitrogens with one attached hydrogen (secondary N) is 3. The Balaban J connectivity index is 1.87. The van der Waals surface area contributed by atoms with Gasteiger partial charge >= 0.3 is 5.97 Å².